The van der Waals surface area contributed by atoms with E-state index in [1.54, 1.807) is 19.1 Å². The fourth-order valence-electron chi connectivity index (χ4n) is 1.93. The average molecular weight is 288 g/mol. The van der Waals surface area contributed by atoms with Crippen molar-refractivity contribution in [3.05, 3.63) is 29.8 Å². The van der Waals surface area contributed by atoms with Gasteiger partial charge in [0.25, 0.3) is 0 Å². The van der Waals surface area contributed by atoms with Crippen molar-refractivity contribution in [2.45, 2.75) is 36.5 Å². The van der Waals surface area contributed by atoms with Crippen LogP contribution in [0.1, 0.15) is 25.3 Å². The van der Waals surface area contributed by atoms with Gasteiger partial charge >= 0.3 is 0 Å². The highest BCUT2D eigenvalue weighted by molar-refractivity contribution is 7.89. The lowest BCUT2D eigenvalue weighted by molar-refractivity contribution is 0.584. The number of rotatable bonds is 6. The molecule has 5 heteroatoms. The Labute approximate surface area is 114 Å². The second-order valence-electron chi connectivity index (χ2n) is 4.70. The van der Waals surface area contributed by atoms with E-state index in [4.69, 9.17) is 11.6 Å². The number of benzene rings is 1. The summed E-state index contributed by atoms with van der Waals surface area (Å²) in [5, 5.41) is 0.182. The lowest BCUT2D eigenvalue weighted by Crippen LogP contribution is -2.23. The molecular formula is C13H18ClNO2S. The quantitative estimate of drug-likeness (QED) is 0.817. The van der Waals surface area contributed by atoms with Gasteiger partial charge in [0.1, 0.15) is 0 Å². The van der Waals surface area contributed by atoms with Crippen LogP contribution in [0.25, 0.3) is 0 Å². The highest BCUT2D eigenvalue weighted by atomic mass is 35.5. The molecule has 0 saturated heterocycles. The SMILES string of the molecule is CCNS(=O)(=O)c1ccc(CC(Cl)C2CC2)cc1. The van der Waals surface area contributed by atoms with Gasteiger partial charge in [0.2, 0.25) is 10.0 Å². The van der Waals surface area contributed by atoms with Gasteiger partial charge in [0.05, 0.1) is 4.90 Å². The number of hydrogen-bond acceptors (Lipinski definition) is 2. The smallest absolute Gasteiger partial charge is 0.211 e. The topological polar surface area (TPSA) is 46.2 Å². The van der Waals surface area contributed by atoms with Gasteiger partial charge in [-0.25, -0.2) is 13.1 Å². The van der Waals surface area contributed by atoms with Gasteiger partial charge in [-0.2, -0.15) is 0 Å². The highest BCUT2D eigenvalue weighted by Gasteiger charge is 2.29. The average Bonchev–Trinajstić information content (AvgIpc) is 3.13. The molecule has 0 heterocycles. The molecule has 0 spiro atoms. The summed E-state index contributed by atoms with van der Waals surface area (Å²) in [5.74, 6) is 0.650. The van der Waals surface area contributed by atoms with Crippen LogP contribution < -0.4 is 4.72 Å². The molecule has 1 N–H and O–H groups in total. The lowest BCUT2D eigenvalue weighted by atomic mass is 10.1. The molecular weight excluding hydrogens is 270 g/mol. The van der Waals surface area contributed by atoms with Gasteiger partial charge in [-0.3, -0.25) is 0 Å². The van der Waals surface area contributed by atoms with E-state index in [9.17, 15) is 8.42 Å². The molecule has 3 nitrogen and oxygen atoms in total. The first-order chi connectivity index (χ1) is 8.53. The Morgan fingerprint density at radius 1 is 1.33 bits per heavy atom. The third kappa shape index (κ3) is 3.46. The van der Waals surface area contributed by atoms with E-state index in [1.807, 2.05) is 12.1 Å². The van der Waals surface area contributed by atoms with E-state index in [-0.39, 0.29) is 5.38 Å². The molecule has 0 bridgehead atoms. The van der Waals surface area contributed by atoms with Crippen LogP contribution in [-0.4, -0.2) is 20.3 Å². The summed E-state index contributed by atoms with van der Waals surface area (Å²) >= 11 is 6.26. The molecule has 1 aromatic carbocycles. The third-order valence-corrected chi connectivity index (χ3v) is 5.20. The van der Waals surface area contributed by atoms with E-state index in [0.717, 1.165) is 12.0 Å². The fourth-order valence-corrected chi connectivity index (χ4v) is 3.40. The molecule has 2 rings (SSSR count). The lowest BCUT2D eigenvalue weighted by Gasteiger charge is -2.09. The van der Waals surface area contributed by atoms with E-state index in [0.29, 0.717) is 17.4 Å². The van der Waals surface area contributed by atoms with Crippen LogP contribution in [0.3, 0.4) is 0 Å². The Kier molecular flexibility index (Phi) is 4.30. The largest absolute Gasteiger partial charge is 0.240 e. The molecule has 1 atom stereocenters. The molecule has 100 valence electrons. The minimum Gasteiger partial charge on any atom is -0.211 e. The Balaban J connectivity index is 2.05. The molecule has 0 radical (unpaired) electrons. The summed E-state index contributed by atoms with van der Waals surface area (Å²) in [6, 6.07) is 6.98. The van der Waals surface area contributed by atoms with Crippen molar-refractivity contribution in [1.29, 1.82) is 0 Å². The first kappa shape index (κ1) is 13.8. The predicted molar refractivity (Wildman–Crippen MR) is 73.4 cm³/mol. The maximum absolute atomic E-state index is 11.7. The molecule has 1 aliphatic rings. The van der Waals surface area contributed by atoms with Crippen LogP contribution >= 0.6 is 11.6 Å². The van der Waals surface area contributed by atoms with Crippen molar-refractivity contribution in [2.75, 3.05) is 6.54 Å². The van der Waals surface area contributed by atoms with E-state index in [1.165, 1.54) is 12.8 Å². The van der Waals surface area contributed by atoms with Crippen LogP contribution in [-0.2, 0) is 16.4 Å². The second kappa shape index (κ2) is 5.59. The normalized spacial score (nSPS) is 17.7. The molecule has 1 aromatic rings. The van der Waals surface area contributed by atoms with Crippen molar-refractivity contribution in [1.82, 2.24) is 4.72 Å². The molecule has 1 unspecified atom stereocenters. The Bertz CT molecular complexity index is 494. The number of alkyl halides is 1. The van der Waals surface area contributed by atoms with E-state index < -0.39 is 10.0 Å². The predicted octanol–water partition coefficient (Wildman–Crippen LogP) is 2.54. The maximum Gasteiger partial charge on any atom is 0.240 e. The van der Waals surface area contributed by atoms with Crippen LogP contribution in [0.2, 0.25) is 0 Å². The number of sulfonamides is 1. The number of halogens is 1. The van der Waals surface area contributed by atoms with Gasteiger partial charge in [-0.15, -0.1) is 11.6 Å². The Morgan fingerprint density at radius 3 is 2.44 bits per heavy atom. The molecule has 0 aliphatic heterocycles. The second-order valence-corrected chi connectivity index (χ2v) is 7.03. The minimum atomic E-state index is -3.34. The van der Waals surface area contributed by atoms with E-state index in [2.05, 4.69) is 4.72 Å². The Morgan fingerprint density at radius 2 is 1.94 bits per heavy atom. The van der Waals surface area contributed by atoms with Gasteiger partial charge in [0.15, 0.2) is 0 Å². The van der Waals surface area contributed by atoms with Crippen LogP contribution in [0.5, 0.6) is 0 Å². The highest BCUT2D eigenvalue weighted by Crippen LogP contribution is 2.37. The van der Waals surface area contributed by atoms with Crippen LogP contribution in [0, 0.1) is 5.92 Å². The molecule has 1 saturated carbocycles. The van der Waals surface area contributed by atoms with Gasteiger partial charge < -0.3 is 0 Å². The summed E-state index contributed by atoms with van der Waals surface area (Å²) in [4.78, 5) is 0.311. The first-order valence-corrected chi connectivity index (χ1v) is 8.17. The molecule has 0 amide bonds. The number of hydrogen-bond donors (Lipinski definition) is 1. The van der Waals surface area contributed by atoms with Gasteiger partial charge in [-0.1, -0.05) is 19.1 Å². The van der Waals surface area contributed by atoms with Crippen LogP contribution in [0.15, 0.2) is 29.2 Å². The minimum absolute atomic E-state index is 0.182. The molecule has 18 heavy (non-hydrogen) atoms. The monoisotopic (exact) mass is 287 g/mol. The van der Waals surface area contributed by atoms with Crippen molar-refractivity contribution in [3.8, 4) is 0 Å². The zero-order valence-corrected chi connectivity index (χ0v) is 12.0. The van der Waals surface area contributed by atoms with Crippen molar-refractivity contribution in [3.63, 3.8) is 0 Å². The third-order valence-electron chi connectivity index (χ3n) is 3.13. The standard InChI is InChI=1S/C13H18ClNO2S/c1-2-15-18(16,17)12-7-3-10(4-8-12)9-13(14)11-5-6-11/h3-4,7-8,11,13,15H,2,5-6,9H2,1H3. The zero-order chi connectivity index (χ0) is 13.2. The summed E-state index contributed by atoms with van der Waals surface area (Å²) in [6.45, 7) is 2.16. The van der Waals surface area contributed by atoms with Crippen molar-refractivity contribution in [2.24, 2.45) is 5.92 Å². The summed E-state index contributed by atoms with van der Waals surface area (Å²) in [5.41, 5.74) is 1.09. The first-order valence-electron chi connectivity index (χ1n) is 6.25. The Hall–Kier alpha value is -0.580. The summed E-state index contributed by atoms with van der Waals surface area (Å²) < 4.78 is 26.0. The van der Waals surface area contributed by atoms with Gasteiger partial charge in [-0.05, 0) is 42.9 Å². The molecule has 0 aromatic heterocycles. The maximum atomic E-state index is 11.7. The van der Waals surface area contributed by atoms with Gasteiger partial charge in [0, 0.05) is 11.9 Å². The van der Waals surface area contributed by atoms with Crippen molar-refractivity contribution >= 4 is 21.6 Å². The summed E-state index contributed by atoms with van der Waals surface area (Å²) in [7, 11) is -3.34. The fraction of sp³-hybridized carbons (Fsp3) is 0.538. The summed E-state index contributed by atoms with van der Waals surface area (Å²) in [6.07, 6.45) is 3.26. The van der Waals surface area contributed by atoms with E-state index >= 15 is 0 Å². The van der Waals surface area contributed by atoms with Crippen LogP contribution in [0.4, 0.5) is 0 Å². The number of nitrogens with one attached hydrogen (secondary N) is 1. The zero-order valence-electron chi connectivity index (χ0n) is 10.4. The van der Waals surface area contributed by atoms with Crippen molar-refractivity contribution < 1.29 is 8.42 Å². The molecule has 1 aliphatic carbocycles. The molecule has 1 fully saturated rings.